The van der Waals surface area contributed by atoms with E-state index in [1.165, 1.54) is 30.9 Å². The molecule has 0 aliphatic carbocycles. The van der Waals surface area contributed by atoms with Crippen LogP contribution in [0.3, 0.4) is 0 Å². The zero-order valence-electron chi connectivity index (χ0n) is 17.5. The summed E-state index contributed by atoms with van der Waals surface area (Å²) in [5, 5.41) is 16.5. The topological polar surface area (TPSA) is 34.4 Å². The largest absolute Gasteiger partial charge is 0.569 e. The summed E-state index contributed by atoms with van der Waals surface area (Å²) in [6.45, 7) is 0. The summed E-state index contributed by atoms with van der Waals surface area (Å²) >= 11 is 1.85. The van der Waals surface area contributed by atoms with Crippen LogP contribution < -0.4 is 4.65 Å². The number of nitrogens with zero attached hydrogens (tertiary/aromatic N) is 1. The third-order valence-corrected chi connectivity index (χ3v) is 7.64. The van der Waals surface area contributed by atoms with Crippen LogP contribution in [-0.4, -0.2) is 17.3 Å². The standard InChI is InChI=1S/C28H17BNO2S/c31-29-32-19-11-13-25-23(15-19)24-16-22-17(14-26(24)30(25)18-6-2-1-3-7-18)10-12-21-20-8-4-5-9-27(20)33-28(21)22/h1-16,31H. The molecule has 2 aromatic heterocycles. The van der Waals surface area contributed by atoms with E-state index < -0.39 is 0 Å². The second-order valence-corrected chi connectivity index (χ2v) is 9.26. The first-order chi connectivity index (χ1) is 16.3. The van der Waals surface area contributed by atoms with Crippen molar-refractivity contribution in [3.8, 4) is 11.4 Å². The van der Waals surface area contributed by atoms with E-state index in [-0.39, 0.29) is 0 Å². The fourth-order valence-electron chi connectivity index (χ4n) is 4.99. The van der Waals surface area contributed by atoms with Gasteiger partial charge in [0.25, 0.3) is 0 Å². The Balaban J connectivity index is 1.65. The van der Waals surface area contributed by atoms with Gasteiger partial charge in [-0.05, 0) is 53.9 Å². The molecule has 0 spiro atoms. The molecule has 0 fully saturated rings. The molecular formula is C28H17BNO2S. The lowest BCUT2D eigenvalue weighted by Gasteiger charge is -2.08. The Labute approximate surface area is 194 Å². The molecule has 5 aromatic carbocycles. The average Bonchev–Trinajstić information content (AvgIpc) is 3.39. The van der Waals surface area contributed by atoms with E-state index in [1.54, 1.807) is 0 Å². The fraction of sp³-hybridized carbons (Fsp3) is 0. The van der Waals surface area contributed by atoms with Crippen LogP contribution in [0.2, 0.25) is 0 Å². The van der Waals surface area contributed by atoms with Crippen LogP contribution in [0.5, 0.6) is 5.75 Å². The quantitative estimate of drug-likeness (QED) is 0.294. The van der Waals surface area contributed by atoms with E-state index >= 15 is 0 Å². The lowest BCUT2D eigenvalue weighted by molar-refractivity contribution is 0.454. The van der Waals surface area contributed by atoms with E-state index in [9.17, 15) is 0 Å². The first kappa shape index (κ1) is 18.7. The number of fused-ring (bicyclic) bond motifs is 8. The van der Waals surface area contributed by atoms with Crippen molar-refractivity contribution >= 4 is 71.8 Å². The smallest absolute Gasteiger partial charge is 0.537 e. The molecule has 0 amide bonds. The molecular weight excluding hydrogens is 425 g/mol. The van der Waals surface area contributed by atoms with E-state index in [0.29, 0.717) is 5.75 Å². The molecule has 5 heteroatoms. The van der Waals surface area contributed by atoms with Crippen molar-refractivity contribution < 1.29 is 9.68 Å². The highest BCUT2D eigenvalue weighted by Crippen LogP contribution is 2.42. The van der Waals surface area contributed by atoms with Gasteiger partial charge in [0.05, 0.1) is 11.0 Å². The van der Waals surface area contributed by atoms with Crippen LogP contribution in [0, 0.1) is 0 Å². The average molecular weight is 442 g/mol. The number of benzene rings is 5. The Morgan fingerprint density at radius 1 is 0.667 bits per heavy atom. The molecule has 0 saturated carbocycles. The summed E-state index contributed by atoms with van der Waals surface area (Å²) in [6.07, 6.45) is 0. The Morgan fingerprint density at radius 3 is 2.36 bits per heavy atom. The first-order valence-electron chi connectivity index (χ1n) is 10.8. The monoisotopic (exact) mass is 442 g/mol. The molecule has 0 aliphatic heterocycles. The minimum atomic E-state index is 0.609. The van der Waals surface area contributed by atoms with Gasteiger partial charge in [-0.25, -0.2) is 0 Å². The summed E-state index contributed by atoms with van der Waals surface area (Å²) in [6, 6.07) is 34.1. The maximum Gasteiger partial charge on any atom is 0.569 e. The second-order valence-electron chi connectivity index (χ2n) is 8.20. The number of thiophene rings is 1. The summed E-state index contributed by atoms with van der Waals surface area (Å²) in [5.41, 5.74) is 3.36. The van der Waals surface area contributed by atoms with Crippen LogP contribution in [0.4, 0.5) is 0 Å². The van der Waals surface area contributed by atoms with Crippen molar-refractivity contribution in [2.24, 2.45) is 0 Å². The van der Waals surface area contributed by atoms with Gasteiger partial charge in [0.15, 0.2) is 0 Å². The number of rotatable bonds is 3. The molecule has 2 heterocycles. The molecule has 7 aromatic rings. The van der Waals surface area contributed by atoms with Crippen LogP contribution >= 0.6 is 11.3 Å². The van der Waals surface area contributed by atoms with Crippen molar-refractivity contribution in [1.29, 1.82) is 0 Å². The van der Waals surface area contributed by atoms with E-state index in [2.05, 4.69) is 83.4 Å². The van der Waals surface area contributed by atoms with Crippen molar-refractivity contribution in [3.05, 3.63) is 97.1 Å². The summed E-state index contributed by atoms with van der Waals surface area (Å²) in [7, 11) is 0.730. The minimum Gasteiger partial charge on any atom is -0.537 e. The van der Waals surface area contributed by atoms with Gasteiger partial charge in [-0.3, -0.25) is 0 Å². The lowest BCUT2D eigenvalue weighted by atomic mass is 10.0. The van der Waals surface area contributed by atoms with Crippen molar-refractivity contribution in [2.45, 2.75) is 0 Å². The van der Waals surface area contributed by atoms with E-state index in [0.717, 1.165) is 35.2 Å². The predicted octanol–water partition coefficient (Wildman–Crippen LogP) is 7.21. The summed E-state index contributed by atoms with van der Waals surface area (Å²) < 4.78 is 10.2. The number of hydrogen-bond donors (Lipinski definition) is 1. The molecule has 0 bridgehead atoms. The Hall–Kier alpha value is -3.80. The highest BCUT2D eigenvalue weighted by Gasteiger charge is 2.16. The van der Waals surface area contributed by atoms with E-state index in [4.69, 9.17) is 9.68 Å². The predicted molar refractivity (Wildman–Crippen MR) is 140 cm³/mol. The Morgan fingerprint density at radius 2 is 1.48 bits per heavy atom. The number of para-hydroxylation sites is 1. The van der Waals surface area contributed by atoms with Gasteiger partial charge in [0, 0.05) is 42.0 Å². The zero-order chi connectivity index (χ0) is 21.9. The van der Waals surface area contributed by atoms with Gasteiger partial charge in [-0.1, -0.05) is 48.5 Å². The normalized spacial score (nSPS) is 11.8. The molecule has 155 valence electrons. The van der Waals surface area contributed by atoms with Gasteiger partial charge in [-0.15, -0.1) is 11.3 Å². The molecule has 0 saturated heterocycles. The van der Waals surface area contributed by atoms with Gasteiger partial charge in [0.2, 0.25) is 0 Å². The van der Waals surface area contributed by atoms with Gasteiger partial charge >= 0.3 is 7.69 Å². The maximum absolute atomic E-state index is 9.17. The van der Waals surface area contributed by atoms with Gasteiger partial charge in [0.1, 0.15) is 5.75 Å². The fourth-order valence-corrected chi connectivity index (χ4v) is 6.22. The first-order valence-corrected chi connectivity index (χ1v) is 11.6. The highest BCUT2D eigenvalue weighted by molar-refractivity contribution is 7.26. The zero-order valence-corrected chi connectivity index (χ0v) is 18.3. The van der Waals surface area contributed by atoms with Gasteiger partial charge < -0.3 is 14.2 Å². The third-order valence-electron chi connectivity index (χ3n) is 6.42. The van der Waals surface area contributed by atoms with Gasteiger partial charge in [-0.2, -0.15) is 0 Å². The van der Waals surface area contributed by atoms with Crippen molar-refractivity contribution in [3.63, 3.8) is 0 Å². The maximum atomic E-state index is 9.17. The van der Waals surface area contributed by atoms with Crippen LogP contribution in [-0.2, 0) is 0 Å². The molecule has 1 radical (unpaired) electrons. The molecule has 3 nitrogen and oxygen atoms in total. The molecule has 0 aliphatic rings. The third kappa shape index (κ3) is 2.73. The summed E-state index contributed by atoms with van der Waals surface area (Å²) in [5.74, 6) is 0.609. The van der Waals surface area contributed by atoms with Crippen LogP contribution in [0.15, 0.2) is 97.1 Å². The van der Waals surface area contributed by atoms with Crippen molar-refractivity contribution in [1.82, 2.24) is 4.57 Å². The molecule has 0 unspecified atom stereocenters. The Kier molecular flexibility index (Phi) is 4.04. The Bertz CT molecular complexity index is 1840. The van der Waals surface area contributed by atoms with Crippen molar-refractivity contribution in [2.75, 3.05) is 0 Å². The second kappa shape index (κ2) is 7.10. The van der Waals surface area contributed by atoms with E-state index in [1.807, 2.05) is 29.5 Å². The molecule has 1 N–H and O–H groups in total. The SMILES string of the molecule is O[B]Oc1ccc2c(c1)c1cc3c(ccc4c5ccccc5sc34)cc1n2-c1ccccc1. The molecule has 33 heavy (non-hydrogen) atoms. The summed E-state index contributed by atoms with van der Waals surface area (Å²) in [4.78, 5) is 0. The van der Waals surface area contributed by atoms with Crippen LogP contribution in [0.25, 0.3) is 58.4 Å². The highest BCUT2D eigenvalue weighted by atomic mass is 32.1. The lowest BCUT2D eigenvalue weighted by Crippen LogP contribution is -1.99. The number of aromatic nitrogens is 1. The molecule has 7 rings (SSSR count). The molecule has 0 atom stereocenters. The van der Waals surface area contributed by atoms with Crippen LogP contribution in [0.1, 0.15) is 0 Å². The minimum absolute atomic E-state index is 0.609. The number of hydrogen-bond acceptors (Lipinski definition) is 3.